The summed E-state index contributed by atoms with van der Waals surface area (Å²) in [5.74, 6) is -1.12. The molecule has 0 aromatic heterocycles. The van der Waals surface area contributed by atoms with Crippen LogP contribution in [0.3, 0.4) is 0 Å². The number of hydrogen-bond acceptors (Lipinski definition) is 3. The first-order chi connectivity index (χ1) is 8.24. The average Bonchev–Trinajstić information content (AvgIpc) is 2.25. The Kier molecular flexibility index (Phi) is 5.12. The fraction of sp³-hybridized carbons (Fsp3) is 0.909. The van der Waals surface area contributed by atoms with Gasteiger partial charge in [0.2, 0.25) is 0 Å². The van der Waals surface area contributed by atoms with Crippen molar-refractivity contribution < 1.29 is 18.3 Å². The minimum atomic E-state index is -3.70. The number of nitrogens with zero attached hydrogens (tertiary/aromatic N) is 1. The SMILES string of the molecule is CC1CCCN(S(=O)(=O)N[C@@H](C(=O)O)C(C)C)C1. The Labute approximate surface area is 109 Å². The first-order valence-corrected chi connectivity index (χ1v) is 7.68. The highest BCUT2D eigenvalue weighted by Crippen LogP contribution is 2.18. The van der Waals surface area contributed by atoms with E-state index in [1.54, 1.807) is 13.8 Å². The third kappa shape index (κ3) is 3.93. The van der Waals surface area contributed by atoms with Crippen molar-refractivity contribution in [1.29, 1.82) is 0 Å². The number of hydrogen-bond donors (Lipinski definition) is 2. The van der Waals surface area contributed by atoms with Gasteiger partial charge in [-0.25, -0.2) is 0 Å². The van der Waals surface area contributed by atoms with E-state index >= 15 is 0 Å². The van der Waals surface area contributed by atoms with Crippen molar-refractivity contribution in [2.24, 2.45) is 11.8 Å². The highest BCUT2D eigenvalue weighted by atomic mass is 32.2. The molecule has 1 heterocycles. The van der Waals surface area contributed by atoms with E-state index in [0.717, 1.165) is 12.8 Å². The van der Waals surface area contributed by atoms with Crippen molar-refractivity contribution >= 4 is 16.2 Å². The van der Waals surface area contributed by atoms with Crippen LogP contribution >= 0.6 is 0 Å². The zero-order chi connectivity index (χ0) is 13.9. The molecular formula is C11H22N2O4S. The van der Waals surface area contributed by atoms with Crippen molar-refractivity contribution in [1.82, 2.24) is 9.03 Å². The van der Waals surface area contributed by atoms with Gasteiger partial charge < -0.3 is 5.11 Å². The number of carboxylic acid groups (broad SMARTS) is 1. The zero-order valence-electron chi connectivity index (χ0n) is 11.1. The van der Waals surface area contributed by atoms with Crippen LogP contribution in [0.1, 0.15) is 33.6 Å². The van der Waals surface area contributed by atoms with E-state index in [1.807, 2.05) is 6.92 Å². The van der Waals surface area contributed by atoms with E-state index in [9.17, 15) is 13.2 Å². The molecule has 2 N–H and O–H groups in total. The first-order valence-electron chi connectivity index (χ1n) is 6.24. The molecule has 1 unspecified atom stereocenters. The highest BCUT2D eigenvalue weighted by molar-refractivity contribution is 7.87. The fourth-order valence-corrected chi connectivity index (χ4v) is 3.73. The van der Waals surface area contributed by atoms with E-state index < -0.39 is 22.2 Å². The lowest BCUT2D eigenvalue weighted by molar-refractivity contribution is -0.140. The van der Waals surface area contributed by atoms with Crippen LogP contribution in [0.4, 0.5) is 0 Å². The van der Waals surface area contributed by atoms with Gasteiger partial charge in [-0.3, -0.25) is 4.79 Å². The number of piperidine rings is 1. The molecule has 1 saturated heterocycles. The summed E-state index contributed by atoms with van der Waals surface area (Å²) in [6.45, 7) is 6.28. The maximum atomic E-state index is 12.1. The van der Waals surface area contributed by atoms with Gasteiger partial charge in [0.1, 0.15) is 6.04 Å². The summed E-state index contributed by atoms with van der Waals surface area (Å²) in [6.07, 6.45) is 1.83. The van der Waals surface area contributed by atoms with Gasteiger partial charge in [0.05, 0.1) is 0 Å². The van der Waals surface area contributed by atoms with Crippen LogP contribution in [0.2, 0.25) is 0 Å². The number of nitrogens with one attached hydrogen (secondary N) is 1. The molecule has 0 aromatic rings. The van der Waals surface area contributed by atoms with Gasteiger partial charge in [-0.05, 0) is 24.7 Å². The molecule has 1 fully saturated rings. The maximum absolute atomic E-state index is 12.1. The predicted molar refractivity (Wildman–Crippen MR) is 68.3 cm³/mol. The Morgan fingerprint density at radius 3 is 2.50 bits per heavy atom. The number of carboxylic acids is 1. The van der Waals surface area contributed by atoms with Gasteiger partial charge in [0.15, 0.2) is 0 Å². The highest BCUT2D eigenvalue weighted by Gasteiger charge is 2.32. The summed E-state index contributed by atoms with van der Waals surface area (Å²) in [5.41, 5.74) is 0. The molecule has 18 heavy (non-hydrogen) atoms. The summed E-state index contributed by atoms with van der Waals surface area (Å²) >= 11 is 0. The van der Waals surface area contributed by atoms with Crippen LogP contribution in [-0.2, 0) is 15.0 Å². The van der Waals surface area contributed by atoms with E-state index in [2.05, 4.69) is 4.72 Å². The molecule has 7 heteroatoms. The maximum Gasteiger partial charge on any atom is 0.322 e. The lowest BCUT2D eigenvalue weighted by atomic mass is 10.0. The Bertz CT molecular complexity index is 394. The van der Waals surface area contributed by atoms with Crippen LogP contribution in [-0.4, -0.2) is 42.9 Å². The third-order valence-electron chi connectivity index (χ3n) is 3.17. The Morgan fingerprint density at radius 1 is 1.44 bits per heavy atom. The van der Waals surface area contributed by atoms with E-state index in [-0.39, 0.29) is 5.92 Å². The monoisotopic (exact) mass is 278 g/mol. The van der Waals surface area contributed by atoms with Gasteiger partial charge in [-0.1, -0.05) is 20.8 Å². The number of aliphatic carboxylic acids is 1. The minimum Gasteiger partial charge on any atom is -0.480 e. The lowest BCUT2D eigenvalue weighted by Crippen LogP contribution is -2.52. The summed E-state index contributed by atoms with van der Waals surface area (Å²) in [6, 6.07) is -1.08. The molecule has 1 aliphatic heterocycles. The van der Waals surface area contributed by atoms with Gasteiger partial charge in [-0.2, -0.15) is 17.4 Å². The molecule has 0 amide bonds. The molecule has 106 valence electrons. The van der Waals surface area contributed by atoms with E-state index in [1.165, 1.54) is 4.31 Å². The second-order valence-corrected chi connectivity index (χ2v) is 6.99. The molecule has 0 saturated carbocycles. The Balaban J connectivity index is 2.77. The van der Waals surface area contributed by atoms with Crippen molar-refractivity contribution in [3.63, 3.8) is 0 Å². The summed E-state index contributed by atoms with van der Waals surface area (Å²) in [5, 5.41) is 9.01. The predicted octanol–water partition coefficient (Wildman–Crippen LogP) is 0.662. The van der Waals surface area contributed by atoms with Crippen molar-refractivity contribution in [2.45, 2.75) is 39.7 Å². The molecule has 2 atom stereocenters. The topological polar surface area (TPSA) is 86.7 Å². The first kappa shape index (κ1) is 15.4. The summed E-state index contributed by atoms with van der Waals surface area (Å²) in [7, 11) is -3.70. The van der Waals surface area contributed by atoms with Gasteiger partial charge in [-0.15, -0.1) is 0 Å². The smallest absolute Gasteiger partial charge is 0.322 e. The molecule has 0 aliphatic carbocycles. The fourth-order valence-electron chi connectivity index (χ4n) is 2.07. The van der Waals surface area contributed by atoms with Gasteiger partial charge in [0, 0.05) is 13.1 Å². The van der Waals surface area contributed by atoms with E-state index in [0.29, 0.717) is 19.0 Å². The van der Waals surface area contributed by atoms with Crippen LogP contribution in [0, 0.1) is 11.8 Å². The molecule has 0 bridgehead atoms. The molecule has 0 aromatic carbocycles. The van der Waals surface area contributed by atoms with E-state index in [4.69, 9.17) is 5.11 Å². The normalized spacial score (nSPS) is 24.1. The quantitative estimate of drug-likeness (QED) is 0.773. The molecule has 1 aliphatic rings. The lowest BCUT2D eigenvalue weighted by Gasteiger charge is -2.31. The second-order valence-electron chi connectivity index (χ2n) is 5.29. The Hall–Kier alpha value is -0.660. The van der Waals surface area contributed by atoms with Crippen molar-refractivity contribution in [3.8, 4) is 0 Å². The number of rotatable bonds is 5. The molecule has 0 spiro atoms. The standard InChI is InChI=1S/C11H22N2O4S/c1-8(2)10(11(14)15)12-18(16,17)13-6-4-5-9(3)7-13/h8-10,12H,4-7H2,1-3H3,(H,14,15)/t9?,10-/m1/s1. The number of carbonyl (C=O) groups is 1. The van der Waals surface area contributed by atoms with Crippen molar-refractivity contribution in [2.75, 3.05) is 13.1 Å². The van der Waals surface area contributed by atoms with Crippen LogP contribution in [0.25, 0.3) is 0 Å². The summed E-state index contributed by atoms with van der Waals surface area (Å²) in [4.78, 5) is 11.0. The Morgan fingerprint density at radius 2 is 2.06 bits per heavy atom. The van der Waals surface area contributed by atoms with Crippen LogP contribution in [0.5, 0.6) is 0 Å². The van der Waals surface area contributed by atoms with Gasteiger partial charge in [0.25, 0.3) is 10.2 Å². The average molecular weight is 278 g/mol. The largest absolute Gasteiger partial charge is 0.480 e. The van der Waals surface area contributed by atoms with Crippen molar-refractivity contribution in [3.05, 3.63) is 0 Å². The minimum absolute atomic E-state index is 0.292. The van der Waals surface area contributed by atoms with Crippen LogP contribution in [0.15, 0.2) is 0 Å². The third-order valence-corrected chi connectivity index (χ3v) is 4.73. The molecule has 1 rings (SSSR count). The zero-order valence-corrected chi connectivity index (χ0v) is 11.9. The van der Waals surface area contributed by atoms with Crippen LogP contribution < -0.4 is 4.72 Å². The van der Waals surface area contributed by atoms with Gasteiger partial charge >= 0.3 is 5.97 Å². The molecule has 6 nitrogen and oxygen atoms in total. The molecular weight excluding hydrogens is 256 g/mol. The summed E-state index contributed by atoms with van der Waals surface area (Å²) < 4.78 is 27.8. The second kappa shape index (κ2) is 5.99. The molecule has 0 radical (unpaired) electrons.